The van der Waals surface area contributed by atoms with Gasteiger partial charge in [-0.05, 0) is 29.8 Å². The summed E-state index contributed by atoms with van der Waals surface area (Å²) >= 11 is 0. The molecule has 114 valence electrons. The Bertz CT molecular complexity index is 791. The van der Waals surface area contributed by atoms with Crippen LogP contribution in [0, 0.1) is 0 Å². The van der Waals surface area contributed by atoms with Crippen molar-refractivity contribution in [3.8, 4) is 5.75 Å². The quantitative estimate of drug-likeness (QED) is 0.732. The molecule has 0 aliphatic carbocycles. The Balaban J connectivity index is 1.87. The number of pyridine rings is 1. The average molecular weight is 306 g/mol. The minimum Gasteiger partial charge on any atom is -0.493 e. The zero-order chi connectivity index (χ0) is 15.7. The van der Waals surface area contributed by atoms with Gasteiger partial charge >= 0.3 is 6.18 Å². The molecule has 0 saturated carbocycles. The summed E-state index contributed by atoms with van der Waals surface area (Å²) in [5.74, 6) is 0.654. The third kappa shape index (κ3) is 2.77. The van der Waals surface area contributed by atoms with Crippen LogP contribution in [0.1, 0.15) is 16.8 Å². The molecule has 0 saturated heterocycles. The number of halogens is 3. The number of nitrogens with zero attached hydrogens (tertiary/aromatic N) is 2. The third-order valence-corrected chi connectivity index (χ3v) is 3.38. The minimum atomic E-state index is -4.31. The van der Waals surface area contributed by atoms with E-state index >= 15 is 0 Å². The number of methoxy groups -OCH3 is 1. The highest BCUT2D eigenvalue weighted by molar-refractivity contribution is 5.54. The summed E-state index contributed by atoms with van der Waals surface area (Å²) in [5, 5.41) is 0. The monoisotopic (exact) mass is 306 g/mol. The van der Waals surface area contributed by atoms with E-state index in [9.17, 15) is 13.2 Å². The van der Waals surface area contributed by atoms with Crippen molar-refractivity contribution in [3.63, 3.8) is 0 Å². The summed E-state index contributed by atoms with van der Waals surface area (Å²) < 4.78 is 44.7. The van der Waals surface area contributed by atoms with Gasteiger partial charge in [-0.1, -0.05) is 12.1 Å². The number of rotatable bonds is 3. The molecule has 3 aromatic rings. The van der Waals surface area contributed by atoms with Gasteiger partial charge in [0, 0.05) is 18.8 Å². The van der Waals surface area contributed by atoms with Crippen LogP contribution in [-0.4, -0.2) is 16.5 Å². The van der Waals surface area contributed by atoms with Crippen LogP contribution in [0.15, 0.2) is 48.8 Å². The van der Waals surface area contributed by atoms with Crippen molar-refractivity contribution >= 4 is 5.65 Å². The van der Waals surface area contributed by atoms with E-state index in [0.717, 1.165) is 23.4 Å². The van der Waals surface area contributed by atoms with Crippen LogP contribution in [0.2, 0.25) is 0 Å². The van der Waals surface area contributed by atoms with Crippen LogP contribution in [-0.2, 0) is 12.6 Å². The number of hydrogen-bond donors (Lipinski definition) is 0. The zero-order valence-corrected chi connectivity index (χ0v) is 11.8. The lowest BCUT2D eigenvalue weighted by molar-refractivity contribution is -0.137. The molecule has 3 nitrogen and oxygen atoms in total. The molecular formula is C16H13F3N2O. The van der Waals surface area contributed by atoms with Crippen LogP contribution in [0.3, 0.4) is 0 Å². The van der Waals surface area contributed by atoms with Gasteiger partial charge in [-0.25, -0.2) is 4.98 Å². The minimum absolute atomic E-state index is 0.461. The number of fused-ring (bicyclic) bond motifs is 1. The lowest BCUT2D eigenvalue weighted by Gasteiger charge is -2.06. The van der Waals surface area contributed by atoms with E-state index in [4.69, 9.17) is 4.74 Å². The maximum atomic E-state index is 12.5. The summed E-state index contributed by atoms with van der Waals surface area (Å²) in [4.78, 5) is 4.47. The first-order valence-corrected chi connectivity index (χ1v) is 6.64. The molecule has 2 aromatic heterocycles. The van der Waals surface area contributed by atoms with Crippen molar-refractivity contribution in [2.24, 2.45) is 0 Å². The van der Waals surface area contributed by atoms with Gasteiger partial charge in [0.15, 0.2) is 11.4 Å². The standard InChI is InChI=1S/C16H13F3N2O/c1-22-14-3-2-8-21-10-13(20-15(14)21)9-11-4-6-12(7-5-11)16(17,18)19/h2-8,10H,9H2,1H3. The lowest BCUT2D eigenvalue weighted by Crippen LogP contribution is -2.04. The maximum Gasteiger partial charge on any atom is 0.416 e. The number of alkyl halides is 3. The number of imidazole rings is 1. The van der Waals surface area contributed by atoms with Gasteiger partial charge in [-0.2, -0.15) is 13.2 Å². The SMILES string of the molecule is COc1cccn2cc(Cc3ccc(C(F)(F)F)cc3)nc12. The van der Waals surface area contributed by atoms with Gasteiger partial charge in [0.25, 0.3) is 0 Å². The molecule has 6 heteroatoms. The van der Waals surface area contributed by atoms with Gasteiger partial charge in [-0.15, -0.1) is 0 Å². The predicted molar refractivity (Wildman–Crippen MR) is 76.0 cm³/mol. The van der Waals surface area contributed by atoms with E-state index < -0.39 is 11.7 Å². The molecule has 0 N–H and O–H groups in total. The van der Waals surface area contributed by atoms with E-state index in [2.05, 4.69) is 4.98 Å². The van der Waals surface area contributed by atoms with E-state index in [1.807, 2.05) is 28.9 Å². The van der Waals surface area contributed by atoms with Gasteiger partial charge in [0.05, 0.1) is 18.4 Å². The molecule has 3 rings (SSSR count). The molecule has 0 aliphatic heterocycles. The van der Waals surface area contributed by atoms with Crippen LogP contribution >= 0.6 is 0 Å². The summed E-state index contributed by atoms with van der Waals surface area (Å²) in [6.45, 7) is 0. The Labute approximate surface area is 125 Å². The molecule has 0 amide bonds. The lowest BCUT2D eigenvalue weighted by atomic mass is 10.1. The fourth-order valence-corrected chi connectivity index (χ4v) is 2.30. The highest BCUT2D eigenvalue weighted by atomic mass is 19.4. The first-order valence-electron chi connectivity index (χ1n) is 6.64. The predicted octanol–water partition coefficient (Wildman–Crippen LogP) is 3.95. The van der Waals surface area contributed by atoms with Crippen molar-refractivity contribution in [2.75, 3.05) is 7.11 Å². The smallest absolute Gasteiger partial charge is 0.416 e. The molecular weight excluding hydrogens is 293 g/mol. The third-order valence-electron chi connectivity index (χ3n) is 3.38. The normalized spacial score (nSPS) is 11.8. The second-order valence-corrected chi connectivity index (χ2v) is 4.91. The van der Waals surface area contributed by atoms with Crippen LogP contribution in [0.5, 0.6) is 5.75 Å². The first kappa shape index (κ1) is 14.4. The molecule has 0 unspecified atom stereocenters. The van der Waals surface area contributed by atoms with Crippen LogP contribution in [0.25, 0.3) is 5.65 Å². The van der Waals surface area contributed by atoms with Gasteiger partial charge in [0.1, 0.15) is 0 Å². The first-order chi connectivity index (χ1) is 10.5. The molecule has 0 fully saturated rings. The van der Waals surface area contributed by atoms with Crippen LogP contribution < -0.4 is 4.74 Å². The Morgan fingerprint density at radius 3 is 2.50 bits per heavy atom. The van der Waals surface area contributed by atoms with Crippen molar-refractivity contribution in [1.29, 1.82) is 0 Å². The summed E-state index contributed by atoms with van der Waals surface area (Å²) in [6, 6.07) is 8.78. The molecule has 0 spiro atoms. The number of benzene rings is 1. The summed E-state index contributed by atoms with van der Waals surface area (Å²) in [6.07, 6.45) is -0.158. The second-order valence-electron chi connectivity index (χ2n) is 4.91. The summed E-state index contributed by atoms with van der Waals surface area (Å²) in [7, 11) is 1.57. The van der Waals surface area contributed by atoms with Crippen molar-refractivity contribution in [2.45, 2.75) is 12.6 Å². The maximum absolute atomic E-state index is 12.5. The van der Waals surface area contributed by atoms with E-state index in [0.29, 0.717) is 17.8 Å². The van der Waals surface area contributed by atoms with Crippen molar-refractivity contribution < 1.29 is 17.9 Å². The Morgan fingerprint density at radius 2 is 1.86 bits per heavy atom. The molecule has 2 heterocycles. The van der Waals surface area contributed by atoms with Gasteiger partial charge in [0.2, 0.25) is 0 Å². The number of ether oxygens (including phenoxy) is 1. The average Bonchev–Trinajstić information content (AvgIpc) is 2.89. The van der Waals surface area contributed by atoms with E-state index in [-0.39, 0.29) is 0 Å². The van der Waals surface area contributed by atoms with E-state index in [1.165, 1.54) is 12.1 Å². The second kappa shape index (κ2) is 5.36. The topological polar surface area (TPSA) is 26.5 Å². The number of aromatic nitrogens is 2. The van der Waals surface area contributed by atoms with Crippen molar-refractivity contribution in [3.05, 3.63) is 65.6 Å². The van der Waals surface area contributed by atoms with E-state index in [1.54, 1.807) is 7.11 Å². The fraction of sp³-hybridized carbons (Fsp3) is 0.188. The Morgan fingerprint density at radius 1 is 1.14 bits per heavy atom. The zero-order valence-electron chi connectivity index (χ0n) is 11.8. The summed E-state index contributed by atoms with van der Waals surface area (Å²) in [5.41, 5.74) is 1.58. The molecule has 0 bridgehead atoms. The molecule has 22 heavy (non-hydrogen) atoms. The highest BCUT2D eigenvalue weighted by Crippen LogP contribution is 2.29. The molecule has 0 radical (unpaired) electrons. The largest absolute Gasteiger partial charge is 0.493 e. The molecule has 0 aliphatic rings. The number of hydrogen-bond acceptors (Lipinski definition) is 2. The molecule has 1 aromatic carbocycles. The highest BCUT2D eigenvalue weighted by Gasteiger charge is 2.29. The van der Waals surface area contributed by atoms with Gasteiger partial charge < -0.3 is 9.14 Å². The Kier molecular flexibility index (Phi) is 3.52. The molecule has 0 atom stereocenters. The van der Waals surface area contributed by atoms with Crippen LogP contribution in [0.4, 0.5) is 13.2 Å². The van der Waals surface area contributed by atoms with Gasteiger partial charge in [-0.3, -0.25) is 0 Å². The fourth-order valence-electron chi connectivity index (χ4n) is 2.30. The Hall–Kier alpha value is -2.50. The van der Waals surface area contributed by atoms with Crippen molar-refractivity contribution in [1.82, 2.24) is 9.38 Å².